The van der Waals surface area contributed by atoms with Gasteiger partial charge in [0.1, 0.15) is 19.2 Å². The lowest BCUT2D eigenvalue weighted by atomic mass is 9.98. The first-order valence-corrected chi connectivity index (χ1v) is 9.53. The third-order valence-corrected chi connectivity index (χ3v) is 4.59. The highest BCUT2D eigenvalue weighted by molar-refractivity contribution is 5.90. The van der Waals surface area contributed by atoms with E-state index in [1.54, 1.807) is 0 Å². The number of amides is 3. The van der Waals surface area contributed by atoms with Gasteiger partial charge in [-0.2, -0.15) is 0 Å². The van der Waals surface area contributed by atoms with E-state index in [1.165, 1.54) is 0 Å². The first kappa shape index (κ1) is 20.9. The van der Waals surface area contributed by atoms with Crippen molar-refractivity contribution in [3.63, 3.8) is 0 Å². The van der Waals surface area contributed by atoms with Gasteiger partial charge in [-0.15, -0.1) is 0 Å². The number of fused-ring (bicyclic) bond motifs is 1. The molecule has 3 rings (SSSR count). The summed E-state index contributed by atoms with van der Waals surface area (Å²) < 4.78 is 5.05. The highest BCUT2D eigenvalue weighted by Crippen LogP contribution is 2.19. The van der Waals surface area contributed by atoms with Crippen molar-refractivity contribution < 1.29 is 19.1 Å². The lowest BCUT2D eigenvalue weighted by molar-refractivity contribution is -0.126. The van der Waals surface area contributed by atoms with E-state index in [0.717, 1.165) is 21.9 Å². The molecule has 0 aliphatic heterocycles. The monoisotopic (exact) mass is 405 g/mol. The summed E-state index contributed by atoms with van der Waals surface area (Å²) >= 11 is 0. The van der Waals surface area contributed by atoms with Gasteiger partial charge in [0, 0.05) is 6.42 Å². The first-order valence-electron chi connectivity index (χ1n) is 9.53. The van der Waals surface area contributed by atoms with E-state index in [1.807, 2.05) is 72.8 Å². The number of hydrogen-bond acceptors (Lipinski definition) is 4. The Labute approximate surface area is 174 Å². The molecule has 4 N–H and O–H groups in total. The zero-order chi connectivity index (χ0) is 21.3. The number of alkyl carbamates (subject to hydrolysis) is 1. The van der Waals surface area contributed by atoms with Crippen LogP contribution in [0.1, 0.15) is 11.1 Å². The van der Waals surface area contributed by atoms with Gasteiger partial charge in [0.2, 0.25) is 11.8 Å². The van der Waals surface area contributed by atoms with Crippen molar-refractivity contribution >= 4 is 28.7 Å². The molecule has 30 heavy (non-hydrogen) atoms. The van der Waals surface area contributed by atoms with Crippen molar-refractivity contribution in [3.05, 3.63) is 83.9 Å². The summed E-state index contributed by atoms with van der Waals surface area (Å²) in [6, 6.07) is 21.8. The van der Waals surface area contributed by atoms with Crippen LogP contribution in [-0.4, -0.2) is 30.5 Å². The number of rotatable bonds is 8. The number of benzene rings is 3. The Kier molecular flexibility index (Phi) is 7.00. The van der Waals surface area contributed by atoms with E-state index in [0.29, 0.717) is 0 Å². The molecule has 1 atom stereocenters. The number of ether oxygens (including phenoxy) is 1. The molecule has 7 heteroatoms. The molecule has 0 bridgehead atoms. The fourth-order valence-electron chi connectivity index (χ4n) is 3.09. The Balaban J connectivity index is 1.52. The maximum absolute atomic E-state index is 12.2. The second-order valence-electron chi connectivity index (χ2n) is 6.78. The molecule has 3 aromatic rings. The second-order valence-corrected chi connectivity index (χ2v) is 6.78. The topological polar surface area (TPSA) is 111 Å². The molecule has 0 saturated carbocycles. The van der Waals surface area contributed by atoms with E-state index in [2.05, 4.69) is 10.6 Å². The summed E-state index contributed by atoms with van der Waals surface area (Å²) in [6.45, 7) is -0.230. The summed E-state index contributed by atoms with van der Waals surface area (Å²) in [4.78, 5) is 35.8. The number of carbonyl (C=O) groups is 3. The average molecular weight is 405 g/mol. The predicted octanol–water partition coefficient (Wildman–Crippen LogP) is 2.28. The molecule has 0 unspecified atom stereocenters. The van der Waals surface area contributed by atoms with Gasteiger partial charge in [0.15, 0.2) is 0 Å². The van der Waals surface area contributed by atoms with Crippen molar-refractivity contribution in [3.8, 4) is 0 Å². The van der Waals surface area contributed by atoms with Crippen LogP contribution in [0.4, 0.5) is 4.79 Å². The van der Waals surface area contributed by atoms with Crippen LogP contribution in [0.25, 0.3) is 10.8 Å². The number of hydrogen-bond donors (Lipinski definition) is 3. The number of nitrogens with one attached hydrogen (secondary N) is 2. The summed E-state index contributed by atoms with van der Waals surface area (Å²) in [7, 11) is 0. The molecule has 7 nitrogen and oxygen atoms in total. The number of primary amides is 1. The predicted molar refractivity (Wildman–Crippen MR) is 113 cm³/mol. The molecule has 0 aliphatic rings. The molecule has 0 fully saturated rings. The quantitative estimate of drug-likeness (QED) is 0.534. The van der Waals surface area contributed by atoms with E-state index in [-0.39, 0.29) is 19.6 Å². The van der Waals surface area contributed by atoms with Crippen molar-refractivity contribution in [2.24, 2.45) is 5.73 Å². The van der Waals surface area contributed by atoms with Gasteiger partial charge >= 0.3 is 6.09 Å². The lowest BCUT2D eigenvalue weighted by Crippen LogP contribution is -2.49. The normalized spacial score (nSPS) is 11.5. The number of carbonyl (C=O) groups excluding carboxylic acids is 3. The van der Waals surface area contributed by atoms with E-state index in [4.69, 9.17) is 10.5 Å². The Morgan fingerprint density at radius 2 is 1.60 bits per heavy atom. The smallest absolute Gasteiger partial charge is 0.407 e. The zero-order valence-electron chi connectivity index (χ0n) is 16.3. The highest BCUT2D eigenvalue weighted by Gasteiger charge is 2.20. The molecular weight excluding hydrogens is 382 g/mol. The zero-order valence-corrected chi connectivity index (χ0v) is 16.3. The molecule has 0 radical (unpaired) electrons. The van der Waals surface area contributed by atoms with Crippen molar-refractivity contribution in [1.82, 2.24) is 10.6 Å². The standard InChI is InChI=1S/C23H23N3O4/c24-22(28)20(13-18-11-6-10-17-9-4-5-12-19(17)18)26-21(27)14-25-23(29)30-15-16-7-2-1-3-8-16/h1-12,20H,13-15H2,(H2,24,28)(H,25,29)(H,26,27)/t20-/m0/s1. The minimum atomic E-state index is -0.898. The SMILES string of the molecule is NC(=O)[C@H](Cc1cccc2ccccc12)NC(=O)CNC(=O)OCc1ccccc1. The second kappa shape index (κ2) is 10.1. The Bertz CT molecular complexity index is 1030. The van der Waals surface area contributed by atoms with Crippen molar-refractivity contribution in [2.45, 2.75) is 19.1 Å². The first-order chi connectivity index (χ1) is 14.5. The maximum atomic E-state index is 12.2. The summed E-state index contributed by atoms with van der Waals surface area (Å²) in [5.74, 6) is -1.18. The fraction of sp³-hybridized carbons (Fsp3) is 0.174. The minimum absolute atomic E-state index is 0.0965. The van der Waals surface area contributed by atoms with Crippen LogP contribution >= 0.6 is 0 Å². The number of nitrogens with two attached hydrogens (primary N) is 1. The molecule has 0 spiro atoms. The van der Waals surface area contributed by atoms with Crippen LogP contribution in [0.2, 0.25) is 0 Å². The van der Waals surface area contributed by atoms with Gasteiger partial charge in [0.25, 0.3) is 0 Å². The van der Waals surface area contributed by atoms with Gasteiger partial charge < -0.3 is 21.1 Å². The molecule has 0 saturated heterocycles. The molecular formula is C23H23N3O4. The van der Waals surface area contributed by atoms with Gasteiger partial charge in [-0.05, 0) is 21.9 Å². The molecule has 3 amide bonds. The van der Waals surface area contributed by atoms with Crippen LogP contribution in [-0.2, 0) is 27.4 Å². The summed E-state index contributed by atoms with van der Waals surface area (Å²) in [5, 5.41) is 6.96. The van der Waals surface area contributed by atoms with Gasteiger partial charge in [0.05, 0.1) is 0 Å². The Morgan fingerprint density at radius 1 is 0.900 bits per heavy atom. The van der Waals surface area contributed by atoms with Crippen molar-refractivity contribution in [2.75, 3.05) is 6.54 Å². The van der Waals surface area contributed by atoms with Gasteiger partial charge in [-0.1, -0.05) is 72.8 Å². The van der Waals surface area contributed by atoms with Crippen LogP contribution in [0.15, 0.2) is 72.8 Å². The summed E-state index contributed by atoms with van der Waals surface area (Å²) in [5.41, 5.74) is 7.21. The molecule has 0 heterocycles. The van der Waals surface area contributed by atoms with Crippen LogP contribution in [0, 0.1) is 0 Å². The molecule has 154 valence electrons. The summed E-state index contributed by atoms with van der Waals surface area (Å²) in [6.07, 6.45) is -0.473. The average Bonchev–Trinajstić information content (AvgIpc) is 2.76. The maximum Gasteiger partial charge on any atom is 0.407 e. The van der Waals surface area contributed by atoms with Crippen LogP contribution in [0.3, 0.4) is 0 Å². The van der Waals surface area contributed by atoms with E-state index in [9.17, 15) is 14.4 Å². The molecule has 0 aromatic heterocycles. The van der Waals surface area contributed by atoms with E-state index < -0.39 is 23.9 Å². The van der Waals surface area contributed by atoms with E-state index >= 15 is 0 Å². The van der Waals surface area contributed by atoms with Crippen molar-refractivity contribution in [1.29, 1.82) is 0 Å². The largest absolute Gasteiger partial charge is 0.445 e. The third kappa shape index (κ3) is 5.81. The third-order valence-electron chi connectivity index (χ3n) is 4.59. The Hall–Kier alpha value is -3.87. The molecule has 0 aliphatic carbocycles. The molecule has 3 aromatic carbocycles. The lowest BCUT2D eigenvalue weighted by Gasteiger charge is -2.17. The minimum Gasteiger partial charge on any atom is -0.445 e. The highest BCUT2D eigenvalue weighted by atomic mass is 16.5. The van der Waals surface area contributed by atoms with Gasteiger partial charge in [-0.25, -0.2) is 4.79 Å². The van der Waals surface area contributed by atoms with Gasteiger partial charge in [-0.3, -0.25) is 9.59 Å². The fourth-order valence-corrected chi connectivity index (χ4v) is 3.09. The van der Waals surface area contributed by atoms with Crippen LogP contribution < -0.4 is 16.4 Å². The van der Waals surface area contributed by atoms with Crippen LogP contribution in [0.5, 0.6) is 0 Å². The Morgan fingerprint density at radius 3 is 2.37 bits per heavy atom.